The molecule has 0 bridgehead atoms. The van der Waals surface area contributed by atoms with Gasteiger partial charge in [-0.05, 0) is 97.8 Å². The molecule has 1 heterocycles. The minimum atomic E-state index is -0.125. The summed E-state index contributed by atoms with van der Waals surface area (Å²) in [5, 5.41) is 6.36. The molecule has 2 N–H and O–H groups in total. The van der Waals surface area contributed by atoms with E-state index >= 15 is 0 Å². The fourth-order valence-corrected chi connectivity index (χ4v) is 6.97. The summed E-state index contributed by atoms with van der Waals surface area (Å²) >= 11 is 0. The van der Waals surface area contributed by atoms with E-state index in [1.54, 1.807) is 14.2 Å². The first-order chi connectivity index (χ1) is 18.0. The van der Waals surface area contributed by atoms with Crippen molar-refractivity contribution < 1.29 is 14.3 Å². The van der Waals surface area contributed by atoms with Gasteiger partial charge < -0.3 is 25.0 Å². The van der Waals surface area contributed by atoms with Crippen LogP contribution in [0.25, 0.3) is 11.1 Å². The Morgan fingerprint density at radius 3 is 2.59 bits per heavy atom. The van der Waals surface area contributed by atoms with Crippen molar-refractivity contribution >= 4 is 11.7 Å². The average Bonchev–Trinajstić information content (AvgIpc) is 3.46. The molecule has 2 aliphatic carbocycles. The van der Waals surface area contributed by atoms with Gasteiger partial charge in [-0.2, -0.15) is 0 Å². The van der Waals surface area contributed by atoms with E-state index in [-0.39, 0.29) is 17.5 Å². The highest BCUT2D eigenvalue weighted by Gasteiger charge is 2.50. The van der Waals surface area contributed by atoms with Crippen LogP contribution >= 0.6 is 0 Å². The second-order valence-electron chi connectivity index (χ2n) is 10.7. The number of hydrogen-bond acceptors (Lipinski definition) is 4. The molecule has 1 aliphatic heterocycles. The van der Waals surface area contributed by atoms with E-state index in [0.29, 0.717) is 6.04 Å². The second kappa shape index (κ2) is 9.42. The SMILES string of the molecule is COc1ccc(C23CCC(NC(=O)Nc4ccc5c(c4)Cc4ccccc4-5)CC2N(C)CC3)cc1OC. The highest BCUT2D eigenvalue weighted by Crippen LogP contribution is 2.50. The molecular weight excluding hydrogens is 462 g/mol. The monoisotopic (exact) mass is 497 g/mol. The first kappa shape index (κ1) is 23.9. The van der Waals surface area contributed by atoms with Gasteiger partial charge in [-0.1, -0.05) is 36.4 Å². The molecule has 3 aromatic rings. The highest BCUT2D eigenvalue weighted by molar-refractivity contribution is 5.90. The summed E-state index contributed by atoms with van der Waals surface area (Å²) in [7, 11) is 5.57. The molecule has 0 radical (unpaired) electrons. The van der Waals surface area contributed by atoms with Gasteiger partial charge in [0.05, 0.1) is 14.2 Å². The molecule has 2 fully saturated rings. The van der Waals surface area contributed by atoms with Crippen molar-refractivity contribution in [3.63, 3.8) is 0 Å². The lowest BCUT2D eigenvalue weighted by Crippen LogP contribution is -2.52. The van der Waals surface area contributed by atoms with E-state index in [4.69, 9.17) is 9.47 Å². The topological polar surface area (TPSA) is 62.8 Å². The number of rotatable bonds is 5. The summed E-state index contributed by atoms with van der Waals surface area (Å²) in [4.78, 5) is 15.5. The van der Waals surface area contributed by atoms with Crippen LogP contribution < -0.4 is 20.1 Å². The predicted molar refractivity (Wildman–Crippen MR) is 147 cm³/mol. The summed E-state index contributed by atoms with van der Waals surface area (Å²) in [5.41, 5.74) is 7.40. The Morgan fingerprint density at radius 2 is 1.76 bits per heavy atom. The number of carbonyl (C=O) groups is 1. The summed E-state index contributed by atoms with van der Waals surface area (Å²) in [6.07, 6.45) is 4.93. The number of urea groups is 1. The Kier molecular flexibility index (Phi) is 6.07. The largest absolute Gasteiger partial charge is 0.493 e. The number of likely N-dealkylation sites (tertiary alicyclic amines) is 1. The maximum Gasteiger partial charge on any atom is 0.319 e. The summed E-state index contributed by atoms with van der Waals surface area (Å²) in [6, 6.07) is 21.5. The molecule has 1 saturated carbocycles. The van der Waals surface area contributed by atoms with Crippen molar-refractivity contribution in [2.75, 3.05) is 33.1 Å². The average molecular weight is 498 g/mol. The molecule has 2 amide bonds. The molecule has 0 spiro atoms. The summed E-state index contributed by atoms with van der Waals surface area (Å²) < 4.78 is 11.1. The van der Waals surface area contributed by atoms with Crippen molar-refractivity contribution in [3.05, 3.63) is 77.4 Å². The first-order valence-electron chi connectivity index (χ1n) is 13.2. The Hall–Kier alpha value is -3.51. The van der Waals surface area contributed by atoms with Crippen molar-refractivity contribution in [1.82, 2.24) is 10.2 Å². The Bertz CT molecular complexity index is 1340. The van der Waals surface area contributed by atoms with Crippen molar-refractivity contribution in [3.8, 4) is 22.6 Å². The number of nitrogens with zero attached hydrogens (tertiary/aromatic N) is 1. The van der Waals surface area contributed by atoms with Crippen LogP contribution in [0.3, 0.4) is 0 Å². The Labute approximate surface area is 219 Å². The molecule has 6 heteroatoms. The van der Waals surface area contributed by atoms with Crippen LogP contribution in [-0.2, 0) is 11.8 Å². The molecule has 6 rings (SSSR count). The number of methoxy groups -OCH3 is 2. The molecule has 6 nitrogen and oxygen atoms in total. The van der Waals surface area contributed by atoms with Crippen LogP contribution in [-0.4, -0.2) is 50.8 Å². The summed E-state index contributed by atoms with van der Waals surface area (Å²) in [5.74, 6) is 1.53. The molecular formula is C31H35N3O3. The molecule has 3 aromatic carbocycles. The highest BCUT2D eigenvalue weighted by atomic mass is 16.5. The van der Waals surface area contributed by atoms with E-state index < -0.39 is 0 Å². The standard InChI is InChI=1S/C31H35N3O3/c1-34-15-14-31(22-8-11-27(36-2)28(18-22)37-3)13-12-24(19-29(31)34)33-30(35)32-23-9-10-26-21(17-23)16-20-6-4-5-7-25(20)26/h4-11,17-18,24,29H,12-16,19H2,1-3H3,(H2,32,33,35). The molecule has 3 unspecified atom stereocenters. The molecule has 3 atom stereocenters. The predicted octanol–water partition coefficient (Wildman–Crippen LogP) is 5.59. The van der Waals surface area contributed by atoms with E-state index in [2.05, 4.69) is 71.1 Å². The number of anilines is 1. The Balaban J connectivity index is 1.14. The van der Waals surface area contributed by atoms with Gasteiger partial charge in [-0.15, -0.1) is 0 Å². The van der Waals surface area contributed by atoms with Gasteiger partial charge in [0, 0.05) is 23.2 Å². The number of ether oxygens (including phenoxy) is 2. The van der Waals surface area contributed by atoms with Crippen molar-refractivity contribution in [2.24, 2.45) is 0 Å². The number of amides is 2. The minimum Gasteiger partial charge on any atom is -0.493 e. The molecule has 3 aliphatic rings. The number of likely N-dealkylation sites (N-methyl/N-ethyl adjacent to an activating group) is 1. The van der Waals surface area contributed by atoms with Gasteiger partial charge in [0.25, 0.3) is 0 Å². The third-order valence-corrected chi connectivity index (χ3v) is 8.87. The third-order valence-electron chi connectivity index (χ3n) is 8.87. The number of benzene rings is 3. The van der Waals surface area contributed by atoms with Gasteiger partial charge in [0.2, 0.25) is 0 Å². The lowest BCUT2D eigenvalue weighted by molar-refractivity contribution is 0.156. The maximum atomic E-state index is 13.0. The van der Waals surface area contributed by atoms with Crippen molar-refractivity contribution in [2.45, 2.75) is 49.6 Å². The van der Waals surface area contributed by atoms with Gasteiger partial charge in [0.15, 0.2) is 11.5 Å². The van der Waals surface area contributed by atoms with Gasteiger partial charge >= 0.3 is 6.03 Å². The van der Waals surface area contributed by atoms with E-state index in [9.17, 15) is 4.79 Å². The second-order valence-corrected chi connectivity index (χ2v) is 10.7. The number of nitrogens with one attached hydrogen (secondary N) is 2. The zero-order valence-corrected chi connectivity index (χ0v) is 21.8. The molecule has 192 valence electrons. The van der Waals surface area contributed by atoms with Crippen LogP contribution in [0.4, 0.5) is 10.5 Å². The number of fused-ring (bicyclic) bond motifs is 4. The third kappa shape index (κ3) is 4.13. The van der Waals surface area contributed by atoms with Crippen molar-refractivity contribution in [1.29, 1.82) is 0 Å². The summed E-state index contributed by atoms with van der Waals surface area (Å²) in [6.45, 7) is 1.05. The fourth-order valence-electron chi connectivity index (χ4n) is 6.97. The maximum absolute atomic E-state index is 13.0. The zero-order chi connectivity index (χ0) is 25.6. The van der Waals surface area contributed by atoms with E-state index in [1.807, 2.05) is 12.1 Å². The quantitative estimate of drug-likeness (QED) is 0.377. The lowest BCUT2D eigenvalue weighted by Gasteiger charge is -2.45. The fraction of sp³-hybridized carbons (Fsp3) is 0.387. The van der Waals surface area contributed by atoms with E-state index in [0.717, 1.165) is 55.8 Å². The minimum absolute atomic E-state index is 0.0674. The van der Waals surface area contributed by atoms with Gasteiger partial charge in [0.1, 0.15) is 0 Å². The zero-order valence-electron chi connectivity index (χ0n) is 21.8. The first-order valence-corrected chi connectivity index (χ1v) is 13.2. The van der Waals surface area contributed by atoms with Gasteiger partial charge in [-0.25, -0.2) is 4.79 Å². The van der Waals surface area contributed by atoms with Crippen LogP contribution in [0.5, 0.6) is 11.5 Å². The van der Waals surface area contributed by atoms with Crippen LogP contribution in [0, 0.1) is 0 Å². The normalized spacial score (nSPS) is 24.1. The smallest absolute Gasteiger partial charge is 0.319 e. The number of carbonyl (C=O) groups excluding carboxylic acids is 1. The molecule has 1 saturated heterocycles. The van der Waals surface area contributed by atoms with Crippen LogP contribution in [0.2, 0.25) is 0 Å². The lowest BCUT2D eigenvalue weighted by atomic mass is 9.65. The van der Waals surface area contributed by atoms with E-state index in [1.165, 1.54) is 27.8 Å². The Morgan fingerprint density at radius 1 is 0.946 bits per heavy atom. The van der Waals surface area contributed by atoms with Crippen LogP contribution in [0.15, 0.2) is 60.7 Å². The van der Waals surface area contributed by atoms with Crippen LogP contribution in [0.1, 0.15) is 42.4 Å². The van der Waals surface area contributed by atoms with Gasteiger partial charge in [-0.3, -0.25) is 0 Å². The molecule has 37 heavy (non-hydrogen) atoms. The number of hydrogen-bond donors (Lipinski definition) is 2. The molecule has 0 aromatic heterocycles.